The molecule has 1 atom stereocenters. The van der Waals surface area contributed by atoms with E-state index in [2.05, 4.69) is 16.0 Å². The highest BCUT2D eigenvalue weighted by molar-refractivity contribution is 5.95. The maximum atomic E-state index is 12.4. The maximum Gasteiger partial charge on any atom is 0.253 e. The highest BCUT2D eigenvalue weighted by Crippen LogP contribution is 2.21. The summed E-state index contributed by atoms with van der Waals surface area (Å²) in [5, 5.41) is 12.4. The van der Waals surface area contributed by atoms with Crippen LogP contribution in [0.5, 0.6) is 0 Å². The van der Waals surface area contributed by atoms with Crippen LogP contribution in [0.3, 0.4) is 0 Å². The van der Waals surface area contributed by atoms with E-state index in [4.69, 9.17) is 4.74 Å². The number of aromatic nitrogens is 1. The van der Waals surface area contributed by atoms with Gasteiger partial charge in [-0.05, 0) is 44.5 Å². The Morgan fingerprint density at radius 3 is 2.70 bits per heavy atom. The smallest absolute Gasteiger partial charge is 0.253 e. The van der Waals surface area contributed by atoms with E-state index >= 15 is 0 Å². The topological polar surface area (TPSA) is 63.5 Å². The summed E-state index contributed by atoms with van der Waals surface area (Å²) < 4.78 is 6.92. The molecule has 0 bridgehead atoms. The van der Waals surface area contributed by atoms with Crippen molar-refractivity contribution in [3.63, 3.8) is 0 Å². The van der Waals surface area contributed by atoms with Gasteiger partial charge in [0.05, 0.1) is 18.3 Å². The number of methoxy groups -OCH3 is 1. The first-order valence-corrected chi connectivity index (χ1v) is 7.65. The molecule has 5 heteroatoms. The van der Waals surface area contributed by atoms with Crippen molar-refractivity contribution in [2.24, 2.45) is 0 Å². The van der Waals surface area contributed by atoms with Gasteiger partial charge in [0.15, 0.2) is 0 Å². The number of amides is 1. The summed E-state index contributed by atoms with van der Waals surface area (Å²) in [4.78, 5) is 12.4. The molecule has 2 N–H and O–H groups in total. The number of carbonyl (C=O) groups is 1. The van der Waals surface area contributed by atoms with Crippen LogP contribution in [0.15, 0.2) is 30.3 Å². The summed E-state index contributed by atoms with van der Waals surface area (Å²) in [7, 11) is 1.51. The first-order chi connectivity index (χ1) is 10.9. The lowest BCUT2D eigenvalue weighted by Crippen LogP contribution is -2.34. The van der Waals surface area contributed by atoms with E-state index in [0.717, 1.165) is 17.1 Å². The number of aliphatic hydroxyl groups excluding tert-OH is 1. The van der Waals surface area contributed by atoms with Crippen molar-refractivity contribution in [2.45, 2.75) is 26.9 Å². The molecule has 1 aromatic carbocycles. The largest absolute Gasteiger partial charge is 0.389 e. The third-order valence-corrected chi connectivity index (χ3v) is 3.79. The predicted octanol–water partition coefficient (Wildman–Crippen LogP) is 2.14. The average molecular weight is 316 g/mol. The van der Waals surface area contributed by atoms with Crippen molar-refractivity contribution < 1.29 is 14.6 Å². The molecule has 0 aliphatic rings. The van der Waals surface area contributed by atoms with Crippen LogP contribution >= 0.6 is 0 Å². The van der Waals surface area contributed by atoms with Gasteiger partial charge < -0.3 is 19.7 Å². The Balaban J connectivity index is 2.22. The summed E-state index contributed by atoms with van der Waals surface area (Å²) in [6, 6.07) is 10.0. The zero-order chi connectivity index (χ0) is 17.0. The second kappa shape index (κ2) is 7.44. The van der Waals surface area contributed by atoms with Gasteiger partial charge in [-0.1, -0.05) is 12.1 Å². The molecule has 1 unspecified atom stereocenters. The number of hydrogen-bond donors (Lipinski definition) is 2. The fourth-order valence-electron chi connectivity index (χ4n) is 2.71. The highest BCUT2D eigenvalue weighted by Gasteiger charge is 2.17. The minimum Gasteiger partial charge on any atom is -0.389 e. The molecule has 5 nitrogen and oxygen atoms in total. The molecule has 1 amide bonds. The normalized spacial score (nSPS) is 12.2. The van der Waals surface area contributed by atoms with Crippen LogP contribution in [0.2, 0.25) is 0 Å². The van der Waals surface area contributed by atoms with Crippen molar-refractivity contribution >= 4 is 5.91 Å². The summed E-state index contributed by atoms with van der Waals surface area (Å²) >= 11 is 0. The lowest BCUT2D eigenvalue weighted by Gasteiger charge is -2.12. The molecule has 0 aliphatic carbocycles. The van der Waals surface area contributed by atoms with Crippen molar-refractivity contribution in [3.8, 4) is 5.69 Å². The quantitative estimate of drug-likeness (QED) is 0.858. The number of aryl methyl sites for hydroxylation is 2. The second-order valence-corrected chi connectivity index (χ2v) is 5.78. The minimum absolute atomic E-state index is 0.167. The Labute approximate surface area is 136 Å². The molecule has 1 aromatic heterocycles. The fourth-order valence-corrected chi connectivity index (χ4v) is 2.71. The summed E-state index contributed by atoms with van der Waals surface area (Å²) in [5.41, 5.74) is 4.71. The lowest BCUT2D eigenvalue weighted by atomic mass is 10.2. The van der Waals surface area contributed by atoms with Gasteiger partial charge in [0.25, 0.3) is 5.91 Å². The first-order valence-electron chi connectivity index (χ1n) is 7.65. The number of hydrogen-bond acceptors (Lipinski definition) is 3. The number of ether oxygens (including phenoxy) is 1. The lowest BCUT2D eigenvalue weighted by molar-refractivity contribution is 0.0609. The predicted molar refractivity (Wildman–Crippen MR) is 90.2 cm³/mol. The van der Waals surface area contributed by atoms with Crippen molar-refractivity contribution in [1.82, 2.24) is 9.88 Å². The van der Waals surface area contributed by atoms with Gasteiger partial charge in [0, 0.05) is 30.7 Å². The summed E-state index contributed by atoms with van der Waals surface area (Å²) in [5.74, 6) is -0.188. The van der Waals surface area contributed by atoms with Crippen LogP contribution in [0, 0.1) is 20.8 Å². The molecule has 124 valence electrons. The zero-order valence-corrected chi connectivity index (χ0v) is 14.1. The molecule has 1 heterocycles. The van der Waals surface area contributed by atoms with E-state index < -0.39 is 6.10 Å². The van der Waals surface area contributed by atoms with E-state index in [9.17, 15) is 9.90 Å². The van der Waals surface area contributed by atoms with Crippen LogP contribution in [0.4, 0.5) is 0 Å². The molecule has 0 fully saturated rings. The minimum atomic E-state index is -0.704. The van der Waals surface area contributed by atoms with Gasteiger partial charge in [0.1, 0.15) is 0 Å². The monoisotopic (exact) mass is 316 g/mol. The third-order valence-electron chi connectivity index (χ3n) is 3.79. The molecule has 0 radical (unpaired) electrons. The SMILES string of the molecule is COCC(O)CNC(=O)c1cc(C)n(-c2cccc(C)c2)c1C. The molecule has 0 aliphatic heterocycles. The molecule has 0 saturated carbocycles. The van der Waals surface area contributed by atoms with E-state index in [0.29, 0.717) is 5.56 Å². The first kappa shape index (κ1) is 17.2. The van der Waals surface area contributed by atoms with Gasteiger partial charge in [0.2, 0.25) is 0 Å². The molecular weight excluding hydrogens is 292 g/mol. The number of benzene rings is 1. The van der Waals surface area contributed by atoms with Crippen LogP contribution in [-0.4, -0.2) is 41.9 Å². The zero-order valence-electron chi connectivity index (χ0n) is 14.1. The maximum absolute atomic E-state index is 12.4. The second-order valence-electron chi connectivity index (χ2n) is 5.78. The third kappa shape index (κ3) is 4.00. The number of rotatable bonds is 6. The standard InChI is InChI=1S/C18H24N2O3/c1-12-6-5-7-15(8-12)20-13(2)9-17(14(20)3)18(22)19-10-16(21)11-23-4/h5-9,16,21H,10-11H2,1-4H3,(H,19,22). The number of nitrogens with one attached hydrogen (secondary N) is 1. The molecule has 0 spiro atoms. The Morgan fingerprint density at radius 2 is 2.04 bits per heavy atom. The Hall–Kier alpha value is -2.11. The highest BCUT2D eigenvalue weighted by atomic mass is 16.5. The van der Waals surface area contributed by atoms with E-state index in [1.807, 2.05) is 45.0 Å². The van der Waals surface area contributed by atoms with Gasteiger partial charge in [-0.25, -0.2) is 0 Å². The molecule has 0 saturated heterocycles. The number of aliphatic hydroxyl groups is 1. The van der Waals surface area contributed by atoms with E-state index in [1.165, 1.54) is 12.7 Å². The Kier molecular flexibility index (Phi) is 5.58. The van der Waals surface area contributed by atoms with Crippen molar-refractivity contribution in [2.75, 3.05) is 20.3 Å². The number of nitrogens with zero attached hydrogens (tertiary/aromatic N) is 1. The molecule has 2 rings (SSSR count). The van der Waals surface area contributed by atoms with Crippen molar-refractivity contribution in [3.05, 3.63) is 52.8 Å². The summed E-state index contributed by atoms with van der Waals surface area (Å²) in [6.07, 6.45) is -0.704. The van der Waals surface area contributed by atoms with Gasteiger partial charge in [-0.3, -0.25) is 4.79 Å². The molecule has 2 aromatic rings. The Morgan fingerprint density at radius 1 is 1.30 bits per heavy atom. The fraction of sp³-hybridized carbons (Fsp3) is 0.389. The summed E-state index contributed by atoms with van der Waals surface area (Å²) in [6.45, 7) is 6.31. The van der Waals surface area contributed by atoms with Crippen LogP contribution in [0.1, 0.15) is 27.3 Å². The van der Waals surface area contributed by atoms with Crippen LogP contribution in [0.25, 0.3) is 5.69 Å². The molecule has 23 heavy (non-hydrogen) atoms. The van der Waals surface area contributed by atoms with Gasteiger partial charge >= 0.3 is 0 Å². The van der Waals surface area contributed by atoms with Crippen LogP contribution in [-0.2, 0) is 4.74 Å². The Bertz CT molecular complexity index is 692. The average Bonchev–Trinajstić information content (AvgIpc) is 2.80. The molecular formula is C18H24N2O3. The number of carbonyl (C=O) groups excluding carboxylic acids is 1. The van der Waals surface area contributed by atoms with Gasteiger partial charge in [-0.15, -0.1) is 0 Å². The van der Waals surface area contributed by atoms with Gasteiger partial charge in [-0.2, -0.15) is 0 Å². The van der Waals surface area contributed by atoms with E-state index in [-0.39, 0.29) is 19.1 Å². The van der Waals surface area contributed by atoms with E-state index in [1.54, 1.807) is 0 Å². The van der Waals surface area contributed by atoms with Crippen molar-refractivity contribution in [1.29, 1.82) is 0 Å². The van der Waals surface area contributed by atoms with Crippen LogP contribution < -0.4 is 5.32 Å².